The minimum absolute atomic E-state index is 0.0373. The number of aromatic nitrogens is 2. The molecule has 19 heavy (non-hydrogen) atoms. The van der Waals surface area contributed by atoms with Crippen LogP contribution in [0.25, 0.3) is 0 Å². The van der Waals surface area contributed by atoms with E-state index in [9.17, 15) is 4.79 Å². The van der Waals surface area contributed by atoms with Crippen molar-refractivity contribution in [1.82, 2.24) is 15.3 Å². The first-order valence-corrected chi connectivity index (χ1v) is 8.04. The second-order valence-corrected chi connectivity index (χ2v) is 5.91. The van der Waals surface area contributed by atoms with E-state index in [0.717, 1.165) is 35.9 Å². The highest BCUT2D eigenvalue weighted by Gasteiger charge is 2.02. The maximum absolute atomic E-state index is 11.5. The van der Waals surface area contributed by atoms with Gasteiger partial charge in [-0.15, -0.1) is 0 Å². The predicted molar refractivity (Wildman–Crippen MR) is 81.9 cm³/mol. The van der Waals surface area contributed by atoms with Gasteiger partial charge in [0.15, 0.2) is 5.16 Å². The van der Waals surface area contributed by atoms with Crippen LogP contribution in [0.1, 0.15) is 45.2 Å². The van der Waals surface area contributed by atoms with E-state index in [2.05, 4.69) is 29.1 Å². The fourth-order valence-corrected chi connectivity index (χ4v) is 2.70. The second kappa shape index (κ2) is 9.15. The average molecular weight is 283 g/mol. The molecule has 1 unspecified atom stereocenters. The molecule has 0 aromatic carbocycles. The van der Waals surface area contributed by atoms with Crippen LogP contribution in [0.5, 0.6) is 0 Å². The van der Waals surface area contributed by atoms with Crippen molar-refractivity contribution in [2.24, 2.45) is 0 Å². The number of hydrogen-bond acceptors (Lipinski definition) is 4. The first-order chi connectivity index (χ1) is 9.15. The molecule has 0 aliphatic heterocycles. The van der Waals surface area contributed by atoms with E-state index >= 15 is 0 Å². The van der Waals surface area contributed by atoms with Crippen molar-refractivity contribution in [1.29, 1.82) is 0 Å². The molecule has 0 radical (unpaired) electrons. The smallest absolute Gasteiger partial charge is 0.251 e. The Bertz CT molecular complexity index is 419. The van der Waals surface area contributed by atoms with E-state index < -0.39 is 0 Å². The molecule has 1 aromatic rings. The third-order valence-corrected chi connectivity index (χ3v) is 4.00. The molecule has 1 heterocycles. The molecule has 108 valence electrons. The molecule has 0 fully saturated rings. The van der Waals surface area contributed by atoms with Crippen LogP contribution in [0.3, 0.4) is 0 Å². The maximum Gasteiger partial charge on any atom is 0.251 e. The lowest BCUT2D eigenvalue weighted by Crippen LogP contribution is -2.20. The molecule has 5 heteroatoms. The van der Waals surface area contributed by atoms with Crippen molar-refractivity contribution in [2.45, 2.75) is 57.1 Å². The van der Waals surface area contributed by atoms with Crippen molar-refractivity contribution in [2.75, 3.05) is 12.8 Å². The van der Waals surface area contributed by atoms with Crippen LogP contribution < -0.4 is 10.9 Å². The molecule has 0 amide bonds. The van der Waals surface area contributed by atoms with Gasteiger partial charge in [0.05, 0.1) is 0 Å². The number of thioether (sulfide) groups is 1. The van der Waals surface area contributed by atoms with Gasteiger partial charge in [0, 0.05) is 23.6 Å². The third kappa shape index (κ3) is 6.78. The van der Waals surface area contributed by atoms with Gasteiger partial charge >= 0.3 is 0 Å². The highest BCUT2D eigenvalue weighted by Crippen LogP contribution is 2.15. The summed E-state index contributed by atoms with van der Waals surface area (Å²) in [5.74, 6) is 1.01. The van der Waals surface area contributed by atoms with E-state index in [4.69, 9.17) is 0 Å². The Labute approximate surface area is 119 Å². The molecule has 0 aliphatic carbocycles. The number of H-pyrrole nitrogens is 1. The van der Waals surface area contributed by atoms with Gasteiger partial charge in [-0.2, -0.15) is 0 Å². The lowest BCUT2D eigenvalue weighted by molar-refractivity contribution is 0.538. The Kier molecular flexibility index (Phi) is 7.82. The summed E-state index contributed by atoms with van der Waals surface area (Å²) >= 11 is 1.65. The van der Waals surface area contributed by atoms with Crippen LogP contribution in [0, 0.1) is 0 Å². The van der Waals surface area contributed by atoms with Crippen molar-refractivity contribution in [3.8, 4) is 0 Å². The Hall–Kier alpha value is -0.810. The number of unbranched alkanes of at least 4 members (excludes halogenated alkanes) is 1. The molecule has 1 aromatic heterocycles. The van der Waals surface area contributed by atoms with E-state index in [1.54, 1.807) is 17.8 Å². The molecular formula is C14H25N3OS. The van der Waals surface area contributed by atoms with E-state index in [1.807, 2.05) is 7.05 Å². The van der Waals surface area contributed by atoms with Gasteiger partial charge in [-0.1, -0.05) is 31.5 Å². The molecule has 1 rings (SSSR count). The number of hydrogen-bond donors (Lipinski definition) is 2. The standard InChI is InChI=1S/C14H25N3OS/c1-4-7-12-10-13(18)17-14(16-12)19-9-6-5-8-11(2)15-3/h10-11,15H,4-9H2,1-3H3,(H,16,17,18). The van der Waals surface area contributed by atoms with E-state index in [1.165, 1.54) is 12.8 Å². The van der Waals surface area contributed by atoms with Crippen molar-refractivity contribution >= 4 is 11.8 Å². The van der Waals surface area contributed by atoms with Gasteiger partial charge in [0.2, 0.25) is 0 Å². The van der Waals surface area contributed by atoms with Crippen LogP contribution in [-0.4, -0.2) is 28.8 Å². The van der Waals surface area contributed by atoms with Crippen LogP contribution in [0.2, 0.25) is 0 Å². The van der Waals surface area contributed by atoms with Gasteiger partial charge in [-0.3, -0.25) is 4.79 Å². The van der Waals surface area contributed by atoms with Gasteiger partial charge in [0.25, 0.3) is 5.56 Å². The van der Waals surface area contributed by atoms with Crippen LogP contribution in [0.15, 0.2) is 16.0 Å². The number of aromatic amines is 1. The minimum Gasteiger partial charge on any atom is -0.317 e. The minimum atomic E-state index is -0.0373. The fraction of sp³-hybridized carbons (Fsp3) is 0.714. The molecular weight excluding hydrogens is 258 g/mol. The molecule has 4 nitrogen and oxygen atoms in total. The normalized spacial score (nSPS) is 12.6. The summed E-state index contributed by atoms with van der Waals surface area (Å²) in [6.07, 6.45) is 5.43. The fourth-order valence-electron chi connectivity index (χ4n) is 1.80. The monoisotopic (exact) mass is 283 g/mol. The number of nitrogens with one attached hydrogen (secondary N) is 2. The van der Waals surface area contributed by atoms with Crippen molar-refractivity contribution in [3.05, 3.63) is 22.1 Å². The topological polar surface area (TPSA) is 57.8 Å². The quantitative estimate of drug-likeness (QED) is 0.415. The van der Waals surface area contributed by atoms with Gasteiger partial charge in [-0.05, 0) is 33.2 Å². The Balaban J connectivity index is 2.34. The lowest BCUT2D eigenvalue weighted by atomic mass is 10.1. The van der Waals surface area contributed by atoms with E-state index in [0.29, 0.717) is 6.04 Å². The zero-order chi connectivity index (χ0) is 14.1. The van der Waals surface area contributed by atoms with Crippen LogP contribution in [-0.2, 0) is 6.42 Å². The lowest BCUT2D eigenvalue weighted by Gasteiger charge is -2.09. The van der Waals surface area contributed by atoms with E-state index in [-0.39, 0.29) is 5.56 Å². The van der Waals surface area contributed by atoms with Gasteiger partial charge < -0.3 is 10.3 Å². The SMILES string of the molecule is CCCc1cc(=O)[nH]c(SCCCCC(C)NC)n1. The zero-order valence-corrected chi connectivity index (χ0v) is 13.0. The van der Waals surface area contributed by atoms with Gasteiger partial charge in [0.1, 0.15) is 0 Å². The Morgan fingerprint density at radius 3 is 2.95 bits per heavy atom. The summed E-state index contributed by atoms with van der Waals surface area (Å²) in [5, 5.41) is 4.00. The molecule has 0 aliphatic rings. The maximum atomic E-state index is 11.5. The Morgan fingerprint density at radius 1 is 1.47 bits per heavy atom. The molecule has 0 saturated carbocycles. The Morgan fingerprint density at radius 2 is 2.26 bits per heavy atom. The largest absolute Gasteiger partial charge is 0.317 e. The second-order valence-electron chi connectivity index (χ2n) is 4.83. The summed E-state index contributed by atoms with van der Waals surface area (Å²) in [6, 6.07) is 2.18. The molecule has 0 saturated heterocycles. The summed E-state index contributed by atoms with van der Waals surface area (Å²) in [7, 11) is 1.99. The first-order valence-electron chi connectivity index (χ1n) is 7.06. The number of nitrogens with zero attached hydrogens (tertiary/aromatic N) is 1. The highest BCUT2D eigenvalue weighted by molar-refractivity contribution is 7.99. The summed E-state index contributed by atoms with van der Waals surface area (Å²) in [6.45, 7) is 4.29. The molecule has 0 spiro atoms. The average Bonchev–Trinajstić information content (AvgIpc) is 2.37. The molecule has 2 N–H and O–H groups in total. The first kappa shape index (κ1) is 16.2. The highest BCUT2D eigenvalue weighted by atomic mass is 32.2. The zero-order valence-electron chi connectivity index (χ0n) is 12.2. The van der Waals surface area contributed by atoms with Crippen LogP contribution >= 0.6 is 11.8 Å². The van der Waals surface area contributed by atoms with Crippen molar-refractivity contribution in [3.63, 3.8) is 0 Å². The van der Waals surface area contributed by atoms with Crippen LogP contribution in [0.4, 0.5) is 0 Å². The summed E-state index contributed by atoms with van der Waals surface area (Å²) in [4.78, 5) is 18.8. The molecule has 0 bridgehead atoms. The number of aryl methyl sites for hydroxylation is 1. The molecule has 1 atom stereocenters. The predicted octanol–water partition coefficient (Wildman–Crippen LogP) is 2.59. The summed E-state index contributed by atoms with van der Waals surface area (Å²) in [5.41, 5.74) is 0.863. The van der Waals surface area contributed by atoms with Gasteiger partial charge in [-0.25, -0.2) is 4.98 Å². The number of rotatable bonds is 9. The van der Waals surface area contributed by atoms with Crippen molar-refractivity contribution < 1.29 is 0 Å². The third-order valence-electron chi connectivity index (χ3n) is 3.04. The summed E-state index contributed by atoms with van der Waals surface area (Å²) < 4.78 is 0.